The Bertz CT molecular complexity index is 920. The average Bonchev–Trinajstić information content (AvgIpc) is 3.01. The summed E-state index contributed by atoms with van der Waals surface area (Å²) in [5, 5.41) is 0. The van der Waals surface area contributed by atoms with Crippen molar-refractivity contribution in [1.29, 1.82) is 0 Å². The third-order valence-corrected chi connectivity index (χ3v) is 4.41. The molecule has 0 spiro atoms. The standard InChI is InChI=1S/C19H16BrNO5/c1-23-12-5-7-17(25-3)11(8-12)9-16-19(22)26-18(21-16)14-6-4-13(24-2)10-15(14)20/h4-10H,1-3H3. The molecule has 3 rings (SSSR count). The van der Waals surface area contributed by atoms with E-state index in [-0.39, 0.29) is 11.6 Å². The number of methoxy groups -OCH3 is 3. The van der Waals surface area contributed by atoms with Crippen molar-refractivity contribution in [3.05, 3.63) is 57.7 Å². The second-order valence-corrected chi connectivity index (χ2v) is 6.14. The van der Waals surface area contributed by atoms with Crippen LogP contribution in [0.3, 0.4) is 0 Å². The van der Waals surface area contributed by atoms with Crippen LogP contribution in [0.4, 0.5) is 0 Å². The monoisotopic (exact) mass is 417 g/mol. The summed E-state index contributed by atoms with van der Waals surface area (Å²) < 4.78 is 21.7. The number of nitrogens with zero attached hydrogens (tertiary/aromatic N) is 1. The van der Waals surface area contributed by atoms with E-state index in [2.05, 4.69) is 20.9 Å². The maximum Gasteiger partial charge on any atom is 0.363 e. The summed E-state index contributed by atoms with van der Waals surface area (Å²) in [5.41, 5.74) is 1.49. The van der Waals surface area contributed by atoms with Crippen molar-refractivity contribution in [1.82, 2.24) is 0 Å². The van der Waals surface area contributed by atoms with Gasteiger partial charge in [-0.1, -0.05) is 0 Å². The van der Waals surface area contributed by atoms with Crippen molar-refractivity contribution >= 4 is 33.9 Å². The smallest absolute Gasteiger partial charge is 0.363 e. The zero-order chi connectivity index (χ0) is 18.7. The van der Waals surface area contributed by atoms with Gasteiger partial charge in [0, 0.05) is 10.0 Å². The Kier molecular flexibility index (Phi) is 5.27. The molecule has 1 heterocycles. The fourth-order valence-corrected chi connectivity index (χ4v) is 2.95. The van der Waals surface area contributed by atoms with Crippen LogP contribution in [0.5, 0.6) is 17.2 Å². The van der Waals surface area contributed by atoms with Crippen LogP contribution in [0.1, 0.15) is 11.1 Å². The van der Waals surface area contributed by atoms with Gasteiger partial charge in [0.2, 0.25) is 5.90 Å². The van der Waals surface area contributed by atoms with E-state index in [9.17, 15) is 4.79 Å². The summed E-state index contributed by atoms with van der Waals surface area (Å²) in [5.74, 6) is 1.61. The van der Waals surface area contributed by atoms with Crippen LogP contribution < -0.4 is 14.2 Å². The van der Waals surface area contributed by atoms with Gasteiger partial charge in [-0.3, -0.25) is 0 Å². The van der Waals surface area contributed by atoms with Crippen molar-refractivity contribution in [3.63, 3.8) is 0 Å². The van der Waals surface area contributed by atoms with E-state index in [0.29, 0.717) is 32.8 Å². The fourth-order valence-electron chi connectivity index (χ4n) is 2.42. The third kappa shape index (κ3) is 3.57. The molecule has 0 fully saturated rings. The first kappa shape index (κ1) is 18.0. The molecular weight excluding hydrogens is 402 g/mol. The van der Waals surface area contributed by atoms with Crippen molar-refractivity contribution in [2.75, 3.05) is 21.3 Å². The van der Waals surface area contributed by atoms with E-state index in [4.69, 9.17) is 18.9 Å². The van der Waals surface area contributed by atoms with E-state index < -0.39 is 5.97 Å². The van der Waals surface area contributed by atoms with Crippen molar-refractivity contribution in [2.24, 2.45) is 4.99 Å². The van der Waals surface area contributed by atoms with Crippen molar-refractivity contribution in [3.8, 4) is 17.2 Å². The maximum absolute atomic E-state index is 12.2. The summed E-state index contributed by atoms with van der Waals surface area (Å²) in [7, 11) is 4.71. The molecule has 0 unspecified atom stereocenters. The van der Waals surface area contributed by atoms with Crippen molar-refractivity contribution < 1.29 is 23.7 Å². The number of hydrogen-bond acceptors (Lipinski definition) is 6. The molecule has 134 valence electrons. The van der Waals surface area contributed by atoms with Gasteiger partial charge in [-0.2, -0.15) is 0 Å². The Hall–Kier alpha value is -2.80. The number of aliphatic imine (C=N–C) groups is 1. The van der Waals surface area contributed by atoms with E-state index in [1.807, 2.05) is 0 Å². The number of carbonyl (C=O) groups is 1. The van der Waals surface area contributed by atoms with Crippen LogP contribution in [0.15, 0.2) is 51.6 Å². The number of hydrogen-bond donors (Lipinski definition) is 0. The SMILES string of the molecule is COc1ccc(C2=NC(=Cc3cc(OC)ccc3OC)C(=O)O2)c(Br)c1. The Morgan fingerprint density at radius 1 is 1.00 bits per heavy atom. The lowest BCUT2D eigenvalue weighted by molar-refractivity contribution is -0.129. The van der Waals surface area contributed by atoms with Crippen LogP contribution >= 0.6 is 15.9 Å². The zero-order valence-electron chi connectivity index (χ0n) is 14.4. The molecule has 0 saturated heterocycles. The first-order valence-corrected chi connectivity index (χ1v) is 8.43. The molecule has 26 heavy (non-hydrogen) atoms. The van der Waals surface area contributed by atoms with Crippen LogP contribution in [-0.4, -0.2) is 33.2 Å². The third-order valence-electron chi connectivity index (χ3n) is 3.76. The molecule has 2 aromatic carbocycles. The topological polar surface area (TPSA) is 66.3 Å². The molecule has 0 saturated carbocycles. The largest absolute Gasteiger partial charge is 0.497 e. The molecule has 0 aromatic heterocycles. The van der Waals surface area contributed by atoms with Crippen LogP contribution in [0.25, 0.3) is 6.08 Å². The molecule has 7 heteroatoms. The molecule has 0 radical (unpaired) electrons. The van der Waals surface area contributed by atoms with Gasteiger partial charge in [0.15, 0.2) is 5.70 Å². The summed E-state index contributed by atoms with van der Waals surface area (Å²) in [4.78, 5) is 16.6. The van der Waals surface area contributed by atoms with E-state index in [0.717, 1.165) is 0 Å². The van der Waals surface area contributed by atoms with E-state index in [1.54, 1.807) is 63.8 Å². The summed E-state index contributed by atoms with van der Waals surface area (Å²) in [6.45, 7) is 0. The Labute approximate surface area is 159 Å². The molecule has 0 amide bonds. The molecule has 0 bridgehead atoms. The minimum atomic E-state index is -0.535. The number of rotatable bonds is 5. The predicted octanol–water partition coefficient (Wildman–Crippen LogP) is 3.82. The van der Waals surface area contributed by atoms with Crippen LogP contribution in [0, 0.1) is 0 Å². The molecule has 2 aromatic rings. The average molecular weight is 418 g/mol. The fraction of sp³-hybridized carbons (Fsp3) is 0.158. The first-order chi connectivity index (χ1) is 12.5. The molecule has 0 aliphatic carbocycles. The predicted molar refractivity (Wildman–Crippen MR) is 101 cm³/mol. The van der Waals surface area contributed by atoms with Crippen molar-refractivity contribution in [2.45, 2.75) is 0 Å². The highest BCUT2D eigenvalue weighted by Gasteiger charge is 2.26. The normalized spacial score (nSPS) is 14.8. The van der Waals surface area contributed by atoms with Gasteiger partial charge in [-0.05, 0) is 58.4 Å². The quantitative estimate of drug-likeness (QED) is 0.546. The zero-order valence-corrected chi connectivity index (χ0v) is 16.0. The lowest BCUT2D eigenvalue weighted by Crippen LogP contribution is -2.06. The Balaban J connectivity index is 1.99. The van der Waals surface area contributed by atoms with Gasteiger partial charge < -0.3 is 18.9 Å². The van der Waals surface area contributed by atoms with Crippen LogP contribution in [-0.2, 0) is 9.53 Å². The molecular formula is C19H16BrNO5. The summed E-state index contributed by atoms with van der Waals surface area (Å²) in [6.07, 6.45) is 1.61. The highest BCUT2D eigenvalue weighted by Crippen LogP contribution is 2.30. The summed E-state index contributed by atoms with van der Waals surface area (Å²) >= 11 is 3.44. The molecule has 0 atom stereocenters. The van der Waals surface area contributed by atoms with E-state index in [1.165, 1.54) is 0 Å². The molecule has 1 aliphatic rings. The van der Waals surface area contributed by atoms with Gasteiger partial charge in [0.05, 0.1) is 26.9 Å². The highest BCUT2D eigenvalue weighted by atomic mass is 79.9. The number of cyclic esters (lactones) is 1. The van der Waals surface area contributed by atoms with Gasteiger partial charge >= 0.3 is 5.97 Å². The van der Waals surface area contributed by atoms with Gasteiger partial charge in [-0.15, -0.1) is 0 Å². The minimum Gasteiger partial charge on any atom is -0.497 e. The minimum absolute atomic E-state index is 0.175. The summed E-state index contributed by atoms with van der Waals surface area (Å²) in [6, 6.07) is 10.6. The second-order valence-electron chi connectivity index (χ2n) is 5.29. The molecule has 1 aliphatic heterocycles. The van der Waals surface area contributed by atoms with Gasteiger partial charge in [-0.25, -0.2) is 9.79 Å². The number of esters is 1. The van der Waals surface area contributed by atoms with Gasteiger partial charge in [0.25, 0.3) is 0 Å². The first-order valence-electron chi connectivity index (χ1n) is 7.64. The Morgan fingerprint density at radius 3 is 2.35 bits per heavy atom. The molecule has 6 nitrogen and oxygen atoms in total. The lowest BCUT2D eigenvalue weighted by atomic mass is 10.1. The Morgan fingerprint density at radius 2 is 1.69 bits per heavy atom. The second kappa shape index (κ2) is 7.61. The lowest BCUT2D eigenvalue weighted by Gasteiger charge is -2.07. The van der Waals surface area contributed by atoms with Crippen LogP contribution in [0.2, 0.25) is 0 Å². The number of benzene rings is 2. The maximum atomic E-state index is 12.2. The highest BCUT2D eigenvalue weighted by molar-refractivity contribution is 9.10. The number of carbonyl (C=O) groups excluding carboxylic acids is 1. The number of ether oxygens (including phenoxy) is 4. The number of halogens is 1. The van der Waals surface area contributed by atoms with Gasteiger partial charge in [0.1, 0.15) is 17.2 Å². The van der Waals surface area contributed by atoms with E-state index >= 15 is 0 Å². The molecule has 0 N–H and O–H groups in total.